The lowest BCUT2D eigenvalue weighted by molar-refractivity contribution is -0.135. The zero-order valence-corrected chi connectivity index (χ0v) is 13.1. The van der Waals surface area contributed by atoms with Crippen molar-refractivity contribution in [1.29, 1.82) is 0 Å². The van der Waals surface area contributed by atoms with Crippen LogP contribution in [0.2, 0.25) is 0 Å². The van der Waals surface area contributed by atoms with Gasteiger partial charge in [0, 0.05) is 12.0 Å². The van der Waals surface area contributed by atoms with Gasteiger partial charge in [0.15, 0.2) is 5.75 Å². The molecule has 130 valence electrons. The average molecular weight is 356 g/mol. The van der Waals surface area contributed by atoms with Crippen LogP contribution in [0.1, 0.15) is 13.3 Å². The highest BCUT2D eigenvalue weighted by Crippen LogP contribution is 2.29. The summed E-state index contributed by atoms with van der Waals surface area (Å²) in [6.45, 7) is 0.833. The van der Waals surface area contributed by atoms with Gasteiger partial charge < -0.3 is 14.0 Å². The van der Waals surface area contributed by atoms with Gasteiger partial charge in [-0.2, -0.15) is 21.6 Å². The highest BCUT2D eigenvalue weighted by molar-refractivity contribution is 7.86. The van der Waals surface area contributed by atoms with E-state index in [9.17, 15) is 26.4 Å². The number of ether oxygens (including phenoxy) is 1. The maximum atomic E-state index is 12.3. The topological polar surface area (TPSA) is 89.9 Å². The van der Waals surface area contributed by atoms with Crippen LogP contribution < -0.4 is 0 Å². The van der Waals surface area contributed by atoms with Gasteiger partial charge in [-0.05, 0) is 18.6 Å². The van der Waals surface area contributed by atoms with Crippen molar-refractivity contribution < 1.29 is 40.4 Å². The second-order valence-corrected chi connectivity index (χ2v) is 6.25. The number of aliphatic hydroxyl groups is 1. The van der Waals surface area contributed by atoms with Crippen LogP contribution in [0.4, 0.5) is 13.2 Å². The van der Waals surface area contributed by atoms with Gasteiger partial charge in [0.1, 0.15) is 5.76 Å². The minimum Gasteiger partial charge on any atom is -0.465 e. The molecule has 10 heteroatoms. The van der Waals surface area contributed by atoms with Crippen LogP contribution in [-0.2, 0) is 23.8 Å². The van der Waals surface area contributed by atoms with Crippen LogP contribution in [0.25, 0.3) is 0 Å². The number of hydrogen-bond acceptors (Lipinski definition) is 6. The van der Waals surface area contributed by atoms with E-state index < -0.39 is 34.6 Å². The summed E-state index contributed by atoms with van der Waals surface area (Å²) < 4.78 is 68.9. The van der Waals surface area contributed by atoms with Gasteiger partial charge in [-0.25, -0.2) is 4.79 Å². The minimum absolute atomic E-state index is 0.0160. The smallest absolute Gasteiger partial charge is 0.406 e. The van der Waals surface area contributed by atoms with Crippen LogP contribution >= 0.6 is 0 Å². The molecular weight excluding hydrogens is 341 g/mol. The standard InChI is InChI=1S/C13H15F3O6S/c1-8-10(12(18)21-2)4-3-9(6-17)5-11(8)22-23(19,20)7-13(14,15)16/h3-4,17H,5-7H2,1-2H3. The van der Waals surface area contributed by atoms with Crippen molar-refractivity contribution in [1.82, 2.24) is 0 Å². The summed E-state index contributed by atoms with van der Waals surface area (Å²) in [5.74, 6) is -3.34. The number of rotatable bonds is 5. The highest BCUT2D eigenvalue weighted by atomic mass is 32.2. The Bertz CT molecular complexity index is 670. The molecular formula is C13H15F3O6S. The molecule has 1 aliphatic rings. The predicted octanol–water partition coefficient (Wildman–Crippen LogP) is 1.59. The van der Waals surface area contributed by atoms with E-state index in [1.54, 1.807) is 0 Å². The van der Waals surface area contributed by atoms with Gasteiger partial charge in [-0.15, -0.1) is 0 Å². The van der Waals surface area contributed by atoms with Crippen molar-refractivity contribution in [3.8, 4) is 0 Å². The number of halogens is 3. The molecule has 1 aliphatic carbocycles. The van der Waals surface area contributed by atoms with Crippen LogP contribution in [-0.4, -0.2) is 45.1 Å². The summed E-state index contributed by atoms with van der Waals surface area (Å²) in [4.78, 5) is 11.7. The maximum absolute atomic E-state index is 12.3. The SMILES string of the molecule is COC(=O)C1=CC=C(CO)CC(OS(=O)(=O)CC(F)(F)F)=C1C. The Labute approximate surface area is 131 Å². The molecule has 1 N–H and O–H groups in total. The quantitative estimate of drug-likeness (QED) is 0.594. The van der Waals surface area contributed by atoms with E-state index in [4.69, 9.17) is 5.11 Å². The van der Waals surface area contributed by atoms with Crippen LogP contribution in [0.3, 0.4) is 0 Å². The fourth-order valence-corrected chi connectivity index (χ4v) is 2.74. The van der Waals surface area contributed by atoms with Gasteiger partial charge in [0.2, 0.25) is 0 Å². The van der Waals surface area contributed by atoms with Gasteiger partial charge in [0.25, 0.3) is 0 Å². The molecule has 0 fully saturated rings. The molecule has 0 spiro atoms. The molecule has 0 aliphatic heterocycles. The molecule has 0 bridgehead atoms. The van der Waals surface area contributed by atoms with Gasteiger partial charge in [-0.3, -0.25) is 0 Å². The predicted molar refractivity (Wildman–Crippen MR) is 73.5 cm³/mol. The number of carbonyl (C=O) groups excluding carboxylic acids is 1. The number of alkyl halides is 3. The molecule has 0 radical (unpaired) electrons. The van der Waals surface area contributed by atoms with Crippen molar-refractivity contribution in [3.05, 3.63) is 34.6 Å². The fourth-order valence-electron chi connectivity index (χ4n) is 1.79. The Morgan fingerprint density at radius 1 is 1.35 bits per heavy atom. The Kier molecular flexibility index (Phi) is 6.00. The van der Waals surface area contributed by atoms with E-state index in [2.05, 4.69) is 8.92 Å². The molecule has 0 saturated carbocycles. The molecule has 0 heterocycles. The minimum atomic E-state index is -4.96. The normalized spacial score (nSPS) is 16.4. The van der Waals surface area contributed by atoms with Crippen LogP contribution in [0.5, 0.6) is 0 Å². The number of allylic oxidation sites excluding steroid dienone is 3. The molecule has 0 aromatic carbocycles. The van der Waals surface area contributed by atoms with Crippen LogP contribution in [0.15, 0.2) is 34.6 Å². The monoisotopic (exact) mass is 356 g/mol. The second-order valence-electron chi connectivity index (χ2n) is 4.68. The lowest BCUT2D eigenvalue weighted by Crippen LogP contribution is -2.25. The van der Waals surface area contributed by atoms with E-state index in [1.165, 1.54) is 19.1 Å². The Balaban J connectivity index is 3.23. The first-order valence-electron chi connectivity index (χ1n) is 6.27. The highest BCUT2D eigenvalue weighted by Gasteiger charge is 2.37. The largest absolute Gasteiger partial charge is 0.465 e. The number of carbonyl (C=O) groups is 1. The Morgan fingerprint density at radius 3 is 2.43 bits per heavy atom. The number of aliphatic hydroxyl groups excluding tert-OH is 1. The lowest BCUT2D eigenvalue weighted by atomic mass is 10.1. The molecule has 0 amide bonds. The summed E-state index contributed by atoms with van der Waals surface area (Å²) >= 11 is 0. The summed E-state index contributed by atoms with van der Waals surface area (Å²) in [5.41, 5.74) is 0.205. The summed E-state index contributed by atoms with van der Waals surface area (Å²) in [5, 5.41) is 9.17. The zero-order chi connectivity index (χ0) is 17.8. The maximum Gasteiger partial charge on any atom is 0.406 e. The Morgan fingerprint density at radius 2 is 1.96 bits per heavy atom. The average Bonchev–Trinajstić information content (AvgIpc) is 2.55. The zero-order valence-electron chi connectivity index (χ0n) is 12.3. The lowest BCUT2D eigenvalue weighted by Gasteiger charge is -2.15. The van der Waals surface area contributed by atoms with E-state index >= 15 is 0 Å². The first-order valence-corrected chi connectivity index (χ1v) is 7.84. The van der Waals surface area contributed by atoms with Crippen molar-refractivity contribution in [3.63, 3.8) is 0 Å². The summed E-state index contributed by atoms with van der Waals surface area (Å²) in [6, 6.07) is 0. The molecule has 0 unspecified atom stereocenters. The first-order chi connectivity index (χ1) is 10.5. The fraction of sp³-hybridized carbons (Fsp3) is 0.462. The Hall–Kier alpha value is -1.81. The molecule has 0 saturated heterocycles. The third-order valence-corrected chi connectivity index (χ3v) is 4.01. The van der Waals surface area contributed by atoms with Crippen molar-refractivity contribution >= 4 is 16.1 Å². The molecule has 6 nitrogen and oxygen atoms in total. The van der Waals surface area contributed by atoms with E-state index in [1.807, 2.05) is 0 Å². The van der Waals surface area contributed by atoms with Gasteiger partial charge in [0.05, 0.1) is 19.3 Å². The third kappa shape index (κ3) is 5.71. The molecule has 23 heavy (non-hydrogen) atoms. The molecule has 0 aromatic rings. The van der Waals surface area contributed by atoms with Gasteiger partial charge >= 0.3 is 22.3 Å². The summed E-state index contributed by atoms with van der Waals surface area (Å²) in [7, 11) is -3.85. The van der Waals surface area contributed by atoms with Gasteiger partial charge in [-0.1, -0.05) is 6.08 Å². The second kappa shape index (κ2) is 7.18. The number of esters is 1. The third-order valence-electron chi connectivity index (χ3n) is 2.87. The molecule has 0 atom stereocenters. The van der Waals surface area contributed by atoms with E-state index in [0.717, 1.165) is 7.11 Å². The molecule has 1 rings (SSSR count). The summed E-state index contributed by atoms with van der Waals surface area (Å²) in [6.07, 6.45) is -2.59. The number of methoxy groups -OCH3 is 1. The van der Waals surface area contributed by atoms with Crippen LogP contribution in [0, 0.1) is 0 Å². The molecule has 0 aromatic heterocycles. The van der Waals surface area contributed by atoms with Crippen molar-refractivity contribution in [2.45, 2.75) is 19.5 Å². The first kappa shape index (κ1) is 19.2. The van der Waals surface area contributed by atoms with E-state index in [0.29, 0.717) is 0 Å². The van der Waals surface area contributed by atoms with Crippen molar-refractivity contribution in [2.24, 2.45) is 0 Å². The van der Waals surface area contributed by atoms with E-state index in [-0.39, 0.29) is 28.9 Å². The number of hydrogen-bond donors (Lipinski definition) is 1. The van der Waals surface area contributed by atoms with Crippen molar-refractivity contribution in [2.75, 3.05) is 19.5 Å².